The highest BCUT2D eigenvalue weighted by Gasteiger charge is 2.41. The maximum Gasteiger partial charge on any atom is 0.282 e. The van der Waals surface area contributed by atoms with Crippen molar-refractivity contribution >= 4 is 28.8 Å². The molecule has 0 saturated carbocycles. The molecular weight excluding hydrogens is 407 g/mol. The third-order valence-electron chi connectivity index (χ3n) is 5.44. The van der Waals surface area contributed by atoms with Gasteiger partial charge >= 0.3 is 0 Å². The smallest absolute Gasteiger partial charge is 0.282 e. The van der Waals surface area contributed by atoms with Crippen molar-refractivity contribution in [3.63, 3.8) is 0 Å². The zero-order valence-electron chi connectivity index (χ0n) is 18.3. The number of benzene rings is 3. The summed E-state index contributed by atoms with van der Waals surface area (Å²) >= 11 is 0. The van der Waals surface area contributed by atoms with Gasteiger partial charge in [0, 0.05) is 5.69 Å². The standard InChI is InChI=1S/C26H23FN2O3/c1-15-5-7-17(3)20(13-15)28-24-23(18-8-10-19(27)11-9-18)25(30)29(26(24)31)21-14-16(2)6-12-22(21)32-4/h5-14,28H,1-4H3. The molecule has 1 N–H and O–H groups in total. The summed E-state index contributed by atoms with van der Waals surface area (Å²) in [5.41, 5.74) is 4.66. The molecule has 1 aliphatic heterocycles. The third kappa shape index (κ3) is 3.75. The van der Waals surface area contributed by atoms with Crippen LogP contribution in [0, 0.1) is 26.6 Å². The zero-order chi connectivity index (χ0) is 23.0. The van der Waals surface area contributed by atoms with E-state index >= 15 is 0 Å². The molecule has 1 heterocycles. The average Bonchev–Trinajstić information content (AvgIpc) is 3.00. The van der Waals surface area contributed by atoms with Crippen molar-refractivity contribution in [2.24, 2.45) is 0 Å². The van der Waals surface area contributed by atoms with Crippen LogP contribution in [0.1, 0.15) is 22.3 Å². The summed E-state index contributed by atoms with van der Waals surface area (Å²) in [6, 6.07) is 16.7. The largest absolute Gasteiger partial charge is 0.495 e. The van der Waals surface area contributed by atoms with Gasteiger partial charge in [0.1, 0.15) is 17.3 Å². The van der Waals surface area contributed by atoms with E-state index in [0.717, 1.165) is 27.3 Å². The van der Waals surface area contributed by atoms with Crippen LogP contribution in [0.2, 0.25) is 0 Å². The van der Waals surface area contributed by atoms with E-state index < -0.39 is 17.6 Å². The second-order valence-corrected chi connectivity index (χ2v) is 7.82. The fraction of sp³-hybridized carbons (Fsp3) is 0.154. The number of anilines is 2. The molecular formula is C26H23FN2O3. The van der Waals surface area contributed by atoms with Gasteiger partial charge in [-0.15, -0.1) is 0 Å². The average molecular weight is 430 g/mol. The SMILES string of the molecule is COc1ccc(C)cc1N1C(=O)C(Nc2cc(C)ccc2C)=C(c2ccc(F)cc2)C1=O. The number of ether oxygens (including phenoxy) is 1. The van der Waals surface area contributed by atoms with Gasteiger partial charge < -0.3 is 10.1 Å². The monoisotopic (exact) mass is 430 g/mol. The van der Waals surface area contributed by atoms with E-state index in [1.807, 2.05) is 45.0 Å². The number of aryl methyl sites for hydroxylation is 3. The van der Waals surface area contributed by atoms with Crippen molar-refractivity contribution in [3.05, 3.63) is 94.4 Å². The summed E-state index contributed by atoms with van der Waals surface area (Å²) in [6.07, 6.45) is 0. The number of hydrogen-bond donors (Lipinski definition) is 1. The Labute approximate surface area is 186 Å². The van der Waals surface area contributed by atoms with Crippen molar-refractivity contribution in [2.75, 3.05) is 17.3 Å². The minimum atomic E-state index is -0.502. The van der Waals surface area contributed by atoms with Gasteiger partial charge in [-0.25, -0.2) is 9.29 Å². The molecule has 5 nitrogen and oxygen atoms in total. The number of imide groups is 1. The molecule has 1 aliphatic rings. The van der Waals surface area contributed by atoms with E-state index in [1.54, 1.807) is 12.1 Å². The topological polar surface area (TPSA) is 58.6 Å². The molecule has 3 aromatic rings. The minimum Gasteiger partial charge on any atom is -0.495 e. The molecule has 32 heavy (non-hydrogen) atoms. The molecule has 0 fully saturated rings. The molecule has 2 amide bonds. The lowest BCUT2D eigenvalue weighted by Gasteiger charge is -2.19. The lowest BCUT2D eigenvalue weighted by Crippen LogP contribution is -2.32. The van der Waals surface area contributed by atoms with Gasteiger partial charge in [0.2, 0.25) is 0 Å². The zero-order valence-corrected chi connectivity index (χ0v) is 18.3. The van der Waals surface area contributed by atoms with Gasteiger partial charge in [0.05, 0.1) is 18.4 Å². The Kier molecular flexibility index (Phi) is 5.53. The normalized spacial score (nSPS) is 13.7. The van der Waals surface area contributed by atoms with E-state index in [9.17, 15) is 14.0 Å². The first-order valence-electron chi connectivity index (χ1n) is 10.2. The summed E-state index contributed by atoms with van der Waals surface area (Å²) in [7, 11) is 1.49. The number of nitrogens with zero attached hydrogens (tertiary/aromatic N) is 1. The summed E-state index contributed by atoms with van der Waals surface area (Å²) in [6.45, 7) is 5.74. The maximum absolute atomic E-state index is 13.6. The Morgan fingerprint density at radius 3 is 2.19 bits per heavy atom. The Morgan fingerprint density at radius 2 is 1.50 bits per heavy atom. The van der Waals surface area contributed by atoms with Gasteiger partial charge in [0.25, 0.3) is 11.8 Å². The number of nitrogens with one attached hydrogen (secondary N) is 1. The molecule has 3 aromatic carbocycles. The second-order valence-electron chi connectivity index (χ2n) is 7.82. The van der Waals surface area contributed by atoms with Crippen LogP contribution in [-0.4, -0.2) is 18.9 Å². The van der Waals surface area contributed by atoms with E-state index in [4.69, 9.17) is 4.74 Å². The van der Waals surface area contributed by atoms with Crippen molar-refractivity contribution in [2.45, 2.75) is 20.8 Å². The van der Waals surface area contributed by atoms with Crippen molar-refractivity contribution in [1.29, 1.82) is 0 Å². The summed E-state index contributed by atoms with van der Waals surface area (Å²) in [4.78, 5) is 28.3. The predicted octanol–water partition coefficient (Wildman–Crippen LogP) is 5.16. The van der Waals surface area contributed by atoms with Crippen LogP contribution in [0.5, 0.6) is 5.75 Å². The molecule has 0 radical (unpaired) electrons. The van der Waals surface area contributed by atoms with Gasteiger partial charge in [-0.05, 0) is 73.4 Å². The second kappa shape index (κ2) is 8.30. The summed E-state index contributed by atoms with van der Waals surface area (Å²) < 4.78 is 19.0. The Hall–Kier alpha value is -3.93. The van der Waals surface area contributed by atoms with Gasteiger partial charge in [0.15, 0.2) is 0 Å². The lowest BCUT2D eigenvalue weighted by molar-refractivity contribution is -0.120. The Bertz CT molecular complexity index is 1260. The van der Waals surface area contributed by atoms with Crippen LogP contribution in [0.3, 0.4) is 0 Å². The van der Waals surface area contributed by atoms with Crippen LogP contribution in [0.25, 0.3) is 5.57 Å². The molecule has 0 spiro atoms. The first kappa shape index (κ1) is 21.3. The third-order valence-corrected chi connectivity index (χ3v) is 5.44. The van der Waals surface area contributed by atoms with E-state index in [0.29, 0.717) is 17.0 Å². The van der Waals surface area contributed by atoms with Crippen LogP contribution in [-0.2, 0) is 9.59 Å². The number of hydrogen-bond acceptors (Lipinski definition) is 4. The maximum atomic E-state index is 13.6. The highest BCUT2D eigenvalue weighted by Crippen LogP contribution is 2.38. The molecule has 0 saturated heterocycles. The quantitative estimate of drug-likeness (QED) is 0.569. The molecule has 4 rings (SSSR count). The fourth-order valence-corrected chi connectivity index (χ4v) is 3.73. The number of methoxy groups -OCH3 is 1. The number of carbonyl (C=O) groups excluding carboxylic acids is 2. The summed E-state index contributed by atoms with van der Waals surface area (Å²) in [5, 5.41) is 3.18. The minimum absolute atomic E-state index is 0.138. The van der Waals surface area contributed by atoms with Gasteiger partial charge in [-0.2, -0.15) is 0 Å². The molecule has 0 unspecified atom stereocenters. The molecule has 0 atom stereocenters. The van der Waals surface area contributed by atoms with E-state index in [2.05, 4.69) is 5.32 Å². The molecule has 0 aliphatic carbocycles. The molecule has 0 bridgehead atoms. The van der Waals surface area contributed by atoms with Crippen LogP contribution in [0.4, 0.5) is 15.8 Å². The number of halogens is 1. The highest BCUT2D eigenvalue weighted by molar-refractivity contribution is 6.46. The molecule has 162 valence electrons. The number of carbonyl (C=O) groups is 2. The van der Waals surface area contributed by atoms with Crippen molar-refractivity contribution < 1.29 is 18.7 Å². The number of rotatable bonds is 5. The van der Waals surface area contributed by atoms with Crippen LogP contribution in [0.15, 0.2) is 66.4 Å². The van der Waals surface area contributed by atoms with Gasteiger partial charge in [-0.3, -0.25) is 9.59 Å². The van der Waals surface area contributed by atoms with Crippen LogP contribution >= 0.6 is 0 Å². The van der Waals surface area contributed by atoms with E-state index in [1.165, 1.54) is 31.4 Å². The lowest BCUT2D eigenvalue weighted by atomic mass is 10.0. The molecule has 6 heteroatoms. The van der Waals surface area contributed by atoms with E-state index in [-0.39, 0.29) is 11.3 Å². The highest BCUT2D eigenvalue weighted by atomic mass is 19.1. The number of amides is 2. The van der Waals surface area contributed by atoms with Crippen molar-refractivity contribution in [1.82, 2.24) is 0 Å². The first-order chi connectivity index (χ1) is 15.3. The molecule has 0 aromatic heterocycles. The predicted molar refractivity (Wildman–Crippen MR) is 123 cm³/mol. The first-order valence-corrected chi connectivity index (χ1v) is 10.2. The Morgan fingerprint density at radius 1 is 0.844 bits per heavy atom. The van der Waals surface area contributed by atoms with Crippen LogP contribution < -0.4 is 15.0 Å². The fourth-order valence-electron chi connectivity index (χ4n) is 3.73. The van der Waals surface area contributed by atoms with Gasteiger partial charge in [-0.1, -0.05) is 30.3 Å². The van der Waals surface area contributed by atoms with Crippen molar-refractivity contribution in [3.8, 4) is 5.75 Å². The summed E-state index contributed by atoms with van der Waals surface area (Å²) in [5.74, 6) is -1.02. The Balaban J connectivity index is 1.88.